The summed E-state index contributed by atoms with van der Waals surface area (Å²) in [5.41, 5.74) is 1.68. The smallest absolute Gasteiger partial charge is 0.250 e. The van der Waals surface area contributed by atoms with Gasteiger partial charge in [-0.25, -0.2) is 4.98 Å². The third kappa shape index (κ3) is 6.43. The van der Waals surface area contributed by atoms with Crippen molar-refractivity contribution in [3.8, 4) is 11.5 Å². The number of carbonyl (C=O) groups is 1. The highest BCUT2D eigenvalue weighted by molar-refractivity contribution is 7.13. The molecule has 0 spiro atoms. The zero-order valence-electron chi connectivity index (χ0n) is 17.2. The molecule has 0 atom stereocenters. The Bertz CT molecular complexity index is 881. The first-order valence-electron chi connectivity index (χ1n) is 9.83. The predicted octanol–water partition coefficient (Wildman–Crippen LogP) is 4.08. The number of methoxy groups -OCH3 is 1. The Morgan fingerprint density at radius 1 is 1.40 bits per heavy atom. The molecule has 1 N–H and O–H groups in total. The first-order valence-corrected chi connectivity index (χ1v) is 11.1. The Balaban J connectivity index is 1.58. The highest BCUT2D eigenvalue weighted by atomic mass is 35.5. The Morgan fingerprint density at radius 3 is 2.93 bits per heavy atom. The van der Waals surface area contributed by atoms with Gasteiger partial charge in [0, 0.05) is 31.1 Å². The van der Waals surface area contributed by atoms with Gasteiger partial charge in [0.25, 0.3) is 0 Å². The van der Waals surface area contributed by atoms with Gasteiger partial charge in [-0.3, -0.25) is 15.0 Å². The van der Waals surface area contributed by atoms with Crippen LogP contribution in [0.2, 0.25) is 5.02 Å². The molecular formula is C21H26ClN3O4S. The number of rotatable bonds is 9. The normalized spacial score (nSPS) is 14.8. The van der Waals surface area contributed by atoms with Crippen LogP contribution in [0.1, 0.15) is 24.6 Å². The molecule has 1 aliphatic heterocycles. The molecule has 2 heterocycles. The summed E-state index contributed by atoms with van der Waals surface area (Å²) in [6.45, 7) is 6.63. The fourth-order valence-corrected chi connectivity index (χ4v) is 3.90. The summed E-state index contributed by atoms with van der Waals surface area (Å²) in [5, 5.41) is 5.78. The van der Waals surface area contributed by atoms with Crippen molar-refractivity contribution in [2.45, 2.75) is 19.9 Å². The number of aromatic nitrogens is 1. The van der Waals surface area contributed by atoms with Crippen molar-refractivity contribution in [1.29, 1.82) is 0 Å². The summed E-state index contributed by atoms with van der Waals surface area (Å²) in [7, 11) is 1.56. The van der Waals surface area contributed by atoms with Crippen molar-refractivity contribution < 1.29 is 19.0 Å². The van der Waals surface area contributed by atoms with Crippen LogP contribution in [-0.4, -0.2) is 55.8 Å². The van der Waals surface area contributed by atoms with E-state index in [0.29, 0.717) is 28.3 Å². The first kappa shape index (κ1) is 22.6. The number of hydrogen-bond acceptors (Lipinski definition) is 7. The van der Waals surface area contributed by atoms with Gasteiger partial charge in [0.1, 0.15) is 0 Å². The van der Waals surface area contributed by atoms with Crippen molar-refractivity contribution in [2.24, 2.45) is 0 Å². The SMILES string of the molecule is CCCOc1c(Cl)cc(C=CC(=O)Nc2nc(CN3CCOCC3)cs2)cc1OC. The number of halogens is 1. The third-order valence-corrected chi connectivity index (χ3v) is 5.49. The van der Waals surface area contributed by atoms with Gasteiger partial charge < -0.3 is 14.2 Å². The number of ether oxygens (including phenoxy) is 3. The van der Waals surface area contributed by atoms with E-state index in [1.807, 2.05) is 12.3 Å². The van der Waals surface area contributed by atoms with Gasteiger partial charge in [0.15, 0.2) is 16.6 Å². The molecule has 1 aromatic heterocycles. The number of benzene rings is 1. The van der Waals surface area contributed by atoms with Crippen molar-refractivity contribution >= 4 is 40.1 Å². The van der Waals surface area contributed by atoms with Crippen molar-refractivity contribution in [1.82, 2.24) is 9.88 Å². The lowest BCUT2D eigenvalue weighted by molar-refractivity contribution is -0.111. The van der Waals surface area contributed by atoms with E-state index in [4.69, 9.17) is 25.8 Å². The zero-order valence-corrected chi connectivity index (χ0v) is 18.7. The van der Waals surface area contributed by atoms with E-state index in [1.165, 1.54) is 17.4 Å². The second kappa shape index (κ2) is 11.3. The van der Waals surface area contributed by atoms with Gasteiger partial charge in [-0.05, 0) is 30.2 Å². The maximum Gasteiger partial charge on any atom is 0.250 e. The number of nitrogens with one attached hydrogen (secondary N) is 1. The lowest BCUT2D eigenvalue weighted by Crippen LogP contribution is -2.35. The summed E-state index contributed by atoms with van der Waals surface area (Å²) in [6.07, 6.45) is 3.99. The molecular weight excluding hydrogens is 426 g/mol. The van der Waals surface area contributed by atoms with E-state index in [0.717, 1.165) is 50.5 Å². The monoisotopic (exact) mass is 451 g/mol. The summed E-state index contributed by atoms with van der Waals surface area (Å²) in [5.74, 6) is 0.783. The van der Waals surface area contributed by atoms with Crippen molar-refractivity contribution in [2.75, 3.05) is 45.3 Å². The Hall–Kier alpha value is -2.13. The molecule has 0 unspecified atom stereocenters. The minimum absolute atomic E-state index is 0.260. The van der Waals surface area contributed by atoms with Crippen LogP contribution in [0.25, 0.3) is 6.08 Å². The molecule has 30 heavy (non-hydrogen) atoms. The van der Waals surface area contributed by atoms with E-state index < -0.39 is 0 Å². The Labute approximate surface area is 185 Å². The van der Waals surface area contributed by atoms with Crippen LogP contribution in [0, 0.1) is 0 Å². The van der Waals surface area contributed by atoms with Crippen LogP contribution in [0.3, 0.4) is 0 Å². The van der Waals surface area contributed by atoms with Gasteiger partial charge in [0.05, 0.1) is 37.6 Å². The molecule has 1 aliphatic rings. The molecule has 9 heteroatoms. The van der Waals surface area contributed by atoms with E-state index >= 15 is 0 Å². The largest absolute Gasteiger partial charge is 0.493 e. The minimum Gasteiger partial charge on any atom is -0.493 e. The number of hydrogen-bond donors (Lipinski definition) is 1. The van der Waals surface area contributed by atoms with E-state index in [2.05, 4.69) is 15.2 Å². The molecule has 0 aliphatic carbocycles. The number of anilines is 1. The van der Waals surface area contributed by atoms with Crippen LogP contribution < -0.4 is 14.8 Å². The van der Waals surface area contributed by atoms with Crippen LogP contribution in [0.15, 0.2) is 23.6 Å². The molecule has 3 rings (SSSR count). The Kier molecular flexibility index (Phi) is 8.50. The summed E-state index contributed by atoms with van der Waals surface area (Å²) >= 11 is 7.73. The van der Waals surface area contributed by atoms with Gasteiger partial charge in [-0.1, -0.05) is 18.5 Å². The maximum atomic E-state index is 12.3. The molecule has 1 amide bonds. The van der Waals surface area contributed by atoms with E-state index in [-0.39, 0.29) is 5.91 Å². The number of amides is 1. The minimum atomic E-state index is -0.260. The van der Waals surface area contributed by atoms with Crippen LogP contribution in [0.5, 0.6) is 11.5 Å². The topological polar surface area (TPSA) is 72.9 Å². The Morgan fingerprint density at radius 2 is 2.20 bits per heavy atom. The molecule has 7 nitrogen and oxygen atoms in total. The lowest BCUT2D eigenvalue weighted by Gasteiger charge is -2.25. The second-order valence-corrected chi connectivity index (χ2v) is 8.00. The van der Waals surface area contributed by atoms with Crippen LogP contribution >= 0.6 is 22.9 Å². The predicted molar refractivity (Wildman–Crippen MR) is 120 cm³/mol. The number of morpholine rings is 1. The third-order valence-electron chi connectivity index (χ3n) is 4.40. The molecule has 1 aromatic carbocycles. The molecule has 0 saturated carbocycles. The quantitative estimate of drug-likeness (QED) is 0.579. The molecule has 1 saturated heterocycles. The zero-order chi connectivity index (χ0) is 21.3. The van der Waals surface area contributed by atoms with Gasteiger partial charge >= 0.3 is 0 Å². The van der Waals surface area contributed by atoms with E-state index in [9.17, 15) is 4.79 Å². The van der Waals surface area contributed by atoms with Crippen LogP contribution in [-0.2, 0) is 16.1 Å². The summed E-state index contributed by atoms with van der Waals surface area (Å²) in [4.78, 5) is 19.1. The van der Waals surface area contributed by atoms with Crippen LogP contribution in [0.4, 0.5) is 5.13 Å². The average Bonchev–Trinajstić information content (AvgIpc) is 3.18. The second-order valence-electron chi connectivity index (χ2n) is 6.74. The standard InChI is InChI=1S/C21H26ClN3O4S/c1-3-8-29-20-17(22)11-15(12-18(20)27-2)4-5-19(26)24-21-23-16(14-30-21)13-25-6-9-28-10-7-25/h4-5,11-12,14H,3,6-10,13H2,1-2H3,(H,23,24,26). The summed E-state index contributed by atoms with van der Waals surface area (Å²) < 4.78 is 16.4. The highest BCUT2D eigenvalue weighted by Gasteiger charge is 2.14. The van der Waals surface area contributed by atoms with Gasteiger partial charge in [-0.2, -0.15) is 0 Å². The first-order chi connectivity index (χ1) is 14.6. The molecule has 0 bridgehead atoms. The van der Waals surface area contributed by atoms with E-state index in [1.54, 1.807) is 25.3 Å². The van der Waals surface area contributed by atoms with Gasteiger partial charge in [0.2, 0.25) is 5.91 Å². The van der Waals surface area contributed by atoms with Gasteiger partial charge in [-0.15, -0.1) is 11.3 Å². The molecule has 2 aromatic rings. The highest BCUT2D eigenvalue weighted by Crippen LogP contribution is 2.36. The van der Waals surface area contributed by atoms with Crippen molar-refractivity contribution in [3.63, 3.8) is 0 Å². The molecule has 1 fully saturated rings. The fourth-order valence-electron chi connectivity index (χ4n) is 2.92. The van der Waals surface area contributed by atoms with Crippen molar-refractivity contribution in [3.05, 3.63) is 39.9 Å². The maximum absolute atomic E-state index is 12.3. The molecule has 0 radical (unpaired) electrons. The summed E-state index contributed by atoms with van der Waals surface area (Å²) in [6, 6.07) is 3.52. The average molecular weight is 452 g/mol. The number of nitrogens with zero attached hydrogens (tertiary/aromatic N) is 2. The number of carbonyl (C=O) groups excluding carboxylic acids is 1. The number of thiazole rings is 1. The fraction of sp³-hybridized carbons (Fsp3) is 0.429. The lowest BCUT2D eigenvalue weighted by atomic mass is 10.2. The molecule has 162 valence electrons.